The fourth-order valence-corrected chi connectivity index (χ4v) is 1.91. The summed E-state index contributed by atoms with van der Waals surface area (Å²) in [5, 5.41) is 0. The maximum absolute atomic E-state index is 5.69. The van der Waals surface area contributed by atoms with Gasteiger partial charge in [-0.3, -0.25) is 0 Å². The first-order valence-electron chi connectivity index (χ1n) is 5.13. The highest BCUT2D eigenvalue weighted by Crippen LogP contribution is 2.25. The van der Waals surface area contributed by atoms with E-state index in [4.69, 9.17) is 4.74 Å². The van der Waals surface area contributed by atoms with Crippen LogP contribution in [0.2, 0.25) is 0 Å². The van der Waals surface area contributed by atoms with Crippen LogP contribution in [0.15, 0.2) is 30.3 Å². The minimum atomic E-state index is 0.806. The molecular weight excluding hydrogens is 160 g/mol. The number of benzene rings is 1. The molecule has 0 atom stereocenters. The Morgan fingerprint density at radius 2 is 1.77 bits per heavy atom. The Kier molecular flexibility index (Phi) is 2.86. The van der Waals surface area contributed by atoms with E-state index in [0.29, 0.717) is 0 Å². The van der Waals surface area contributed by atoms with Crippen molar-refractivity contribution in [1.82, 2.24) is 0 Å². The summed E-state index contributed by atoms with van der Waals surface area (Å²) >= 11 is 0. The van der Waals surface area contributed by atoms with Crippen LogP contribution in [-0.4, -0.2) is 6.61 Å². The molecule has 1 aliphatic carbocycles. The van der Waals surface area contributed by atoms with Gasteiger partial charge in [0.15, 0.2) is 0 Å². The second-order valence-corrected chi connectivity index (χ2v) is 3.77. The smallest absolute Gasteiger partial charge is 0.119 e. The van der Waals surface area contributed by atoms with Crippen molar-refractivity contribution in [2.75, 3.05) is 6.61 Å². The van der Waals surface area contributed by atoms with Crippen LogP contribution in [0.5, 0.6) is 5.75 Å². The molecule has 1 saturated carbocycles. The summed E-state index contributed by atoms with van der Waals surface area (Å²) in [4.78, 5) is 0. The normalized spacial score (nSPS) is 17.5. The molecule has 70 valence electrons. The lowest BCUT2D eigenvalue weighted by atomic mass is 10.1. The number of ether oxygens (including phenoxy) is 1. The maximum atomic E-state index is 5.69. The summed E-state index contributed by atoms with van der Waals surface area (Å²) in [7, 11) is 0. The quantitative estimate of drug-likeness (QED) is 0.687. The van der Waals surface area contributed by atoms with Crippen LogP contribution in [0.25, 0.3) is 0 Å². The molecular formula is C12H16O. The first kappa shape index (κ1) is 8.61. The lowest BCUT2D eigenvalue weighted by Gasteiger charge is -2.10. The summed E-state index contributed by atoms with van der Waals surface area (Å²) in [6, 6.07) is 10.1. The van der Waals surface area contributed by atoms with Crippen LogP contribution >= 0.6 is 0 Å². The molecule has 1 aromatic carbocycles. The van der Waals surface area contributed by atoms with Gasteiger partial charge in [0.1, 0.15) is 5.75 Å². The monoisotopic (exact) mass is 176 g/mol. The van der Waals surface area contributed by atoms with Gasteiger partial charge in [-0.1, -0.05) is 31.0 Å². The molecule has 1 aliphatic rings. The van der Waals surface area contributed by atoms with Gasteiger partial charge >= 0.3 is 0 Å². The van der Waals surface area contributed by atoms with Crippen LogP contribution < -0.4 is 4.74 Å². The number of hydrogen-bond acceptors (Lipinski definition) is 1. The molecule has 2 rings (SSSR count). The molecule has 1 heteroatoms. The summed E-state index contributed by atoms with van der Waals surface area (Å²) in [6.07, 6.45) is 5.49. The van der Waals surface area contributed by atoms with E-state index in [1.807, 2.05) is 30.3 Å². The molecule has 0 heterocycles. The summed E-state index contributed by atoms with van der Waals surface area (Å²) in [6.45, 7) is 0.907. The molecule has 0 radical (unpaired) electrons. The van der Waals surface area contributed by atoms with Crippen molar-refractivity contribution in [2.24, 2.45) is 5.92 Å². The van der Waals surface area contributed by atoms with Crippen molar-refractivity contribution in [3.63, 3.8) is 0 Å². The van der Waals surface area contributed by atoms with E-state index in [-0.39, 0.29) is 0 Å². The zero-order valence-corrected chi connectivity index (χ0v) is 7.91. The molecule has 0 aromatic heterocycles. The second kappa shape index (κ2) is 4.31. The van der Waals surface area contributed by atoms with Crippen molar-refractivity contribution in [2.45, 2.75) is 25.7 Å². The highest BCUT2D eigenvalue weighted by atomic mass is 16.5. The van der Waals surface area contributed by atoms with Gasteiger partial charge in [0.05, 0.1) is 6.61 Å². The summed E-state index contributed by atoms with van der Waals surface area (Å²) in [5.41, 5.74) is 0. The Hall–Kier alpha value is -0.980. The average molecular weight is 176 g/mol. The Morgan fingerprint density at radius 1 is 1.08 bits per heavy atom. The van der Waals surface area contributed by atoms with E-state index >= 15 is 0 Å². The van der Waals surface area contributed by atoms with Crippen LogP contribution in [0.3, 0.4) is 0 Å². The summed E-state index contributed by atoms with van der Waals surface area (Å²) in [5.74, 6) is 1.81. The maximum Gasteiger partial charge on any atom is 0.119 e. The van der Waals surface area contributed by atoms with Crippen molar-refractivity contribution < 1.29 is 4.74 Å². The number of para-hydroxylation sites is 1. The molecule has 0 unspecified atom stereocenters. The first-order chi connectivity index (χ1) is 6.45. The minimum Gasteiger partial charge on any atom is -0.493 e. The largest absolute Gasteiger partial charge is 0.493 e. The molecule has 0 spiro atoms. The van der Waals surface area contributed by atoms with E-state index in [1.165, 1.54) is 25.7 Å². The van der Waals surface area contributed by atoms with Gasteiger partial charge in [0.2, 0.25) is 0 Å². The topological polar surface area (TPSA) is 9.23 Å². The van der Waals surface area contributed by atoms with Gasteiger partial charge in [-0.2, -0.15) is 0 Å². The highest BCUT2D eigenvalue weighted by Gasteiger charge is 2.15. The lowest BCUT2D eigenvalue weighted by Crippen LogP contribution is -2.07. The lowest BCUT2D eigenvalue weighted by molar-refractivity contribution is 0.252. The van der Waals surface area contributed by atoms with Gasteiger partial charge in [-0.05, 0) is 30.9 Å². The minimum absolute atomic E-state index is 0.806. The molecule has 1 fully saturated rings. The van der Waals surface area contributed by atoms with Crippen molar-refractivity contribution in [1.29, 1.82) is 0 Å². The molecule has 1 nitrogen and oxygen atoms in total. The fourth-order valence-electron chi connectivity index (χ4n) is 1.91. The Bertz CT molecular complexity index is 237. The molecule has 0 amide bonds. The molecule has 0 N–H and O–H groups in total. The predicted octanol–water partition coefficient (Wildman–Crippen LogP) is 3.26. The zero-order chi connectivity index (χ0) is 8.93. The van der Waals surface area contributed by atoms with Crippen LogP contribution in [0, 0.1) is 5.92 Å². The molecule has 1 aromatic rings. The van der Waals surface area contributed by atoms with Gasteiger partial charge in [-0.25, -0.2) is 0 Å². The third-order valence-corrected chi connectivity index (χ3v) is 2.70. The van der Waals surface area contributed by atoms with Crippen molar-refractivity contribution >= 4 is 0 Å². The second-order valence-electron chi connectivity index (χ2n) is 3.77. The van der Waals surface area contributed by atoms with Crippen molar-refractivity contribution in [3.05, 3.63) is 30.3 Å². The Morgan fingerprint density at radius 3 is 2.46 bits per heavy atom. The SMILES string of the molecule is c1ccc(OCC2CCCC2)cc1. The standard InChI is InChI=1S/C12H16O/c1-2-8-12(9-3-1)13-10-11-6-4-5-7-11/h1-3,8-9,11H,4-7,10H2. The Balaban J connectivity index is 1.79. The molecule has 0 aliphatic heterocycles. The predicted molar refractivity (Wildman–Crippen MR) is 53.9 cm³/mol. The third-order valence-electron chi connectivity index (χ3n) is 2.70. The van der Waals surface area contributed by atoms with Gasteiger partial charge in [0, 0.05) is 0 Å². The van der Waals surface area contributed by atoms with E-state index in [0.717, 1.165) is 18.3 Å². The van der Waals surface area contributed by atoms with E-state index in [2.05, 4.69) is 0 Å². The van der Waals surface area contributed by atoms with Gasteiger partial charge in [-0.15, -0.1) is 0 Å². The van der Waals surface area contributed by atoms with E-state index in [1.54, 1.807) is 0 Å². The van der Waals surface area contributed by atoms with Crippen molar-refractivity contribution in [3.8, 4) is 5.75 Å². The fraction of sp³-hybridized carbons (Fsp3) is 0.500. The number of rotatable bonds is 3. The van der Waals surface area contributed by atoms with Crippen LogP contribution in [0.1, 0.15) is 25.7 Å². The van der Waals surface area contributed by atoms with Gasteiger partial charge in [0.25, 0.3) is 0 Å². The highest BCUT2D eigenvalue weighted by molar-refractivity contribution is 5.20. The van der Waals surface area contributed by atoms with Crippen LogP contribution in [-0.2, 0) is 0 Å². The average Bonchev–Trinajstić information content (AvgIpc) is 2.69. The van der Waals surface area contributed by atoms with Crippen LogP contribution in [0.4, 0.5) is 0 Å². The van der Waals surface area contributed by atoms with E-state index < -0.39 is 0 Å². The Labute approximate surface area is 79.7 Å². The number of hydrogen-bond donors (Lipinski definition) is 0. The molecule has 13 heavy (non-hydrogen) atoms. The molecule has 0 bridgehead atoms. The van der Waals surface area contributed by atoms with Gasteiger partial charge < -0.3 is 4.74 Å². The third kappa shape index (κ3) is 2.48. The van der Waals surface area contributed by atoms with E-state index in [9.17, 15) is 0 Å². The zero-order valence-electron chi connectivity index (χ0n) is 7.91. The summed E-state index contributed by atoms with van der Waals surface area (Å²) < 4.78 is 5.69. The first-order valence-corrected chi connectivity index (χ1v) is 5.13. The molecule has 0 saturated heterocycles.